The molecule has 0 aliphatic heterocycles. The van der Waals surface area contributed by atoms with E-state index < -0.39 is 17.7 Å². The molecule has 0 unspecified atom stereocenters. The number of thiocarbonyl (C=S) groups is 1. The maximum atomic E-state index is 12.3. The Labute approximate surface area is 128 Å². The molecule has 0 heterocycles. The molecule has 21 heavy (non-hydrogen) atoms. The third kappa shape index (κ3) is 5.78. The van der Waals surface area contributed by atoms with Gasteiger partial charge in [0.15, 0.2) is 5.11 Å². The zero-order chi connectivity index (χ0) is 16.0. The van der Waals surface area contributed by atoms with Gasteiger partial charge in [-0.25, -0.2) is 9.69 Å². The van der Waals surface area contributed by atoms with Gasteiger partial charge >= 0.3 is 12.1 Å². The number of carbonyl (C=O) groups is 2. The molecule has 0 spiro atoms. The van der Waals surface area contributed by atoms with E-state index in [9.17, 15) is 9.59 Å². The molecule has 0 aliphatic carbocycles. The number of aliphatic carboxylic acids is 1. The summed E-state index contributed by atoms with van der Waals surface area (Å²) >= 11 is 5.09. The van der Waals surface area contributed by atoms with Crippen LogP contribution in [0.25, 0.3) is 0 Å². The SMILES string of the molecule is CC(C)(C)OC(=O)N(C(=S)NCC(=O)O)c1ccccc1. The van der Waals surface area contributed by atoms with Crippen LogP contribution in [0.1, 0.15) is 20.8 Å². The Morgan fingerprint density at radius 1 is 1.29 bits per heavy atom. The van der Waals surface area contributed by atoms with E-state index in [1.54, 1.807) is 51.1 Å². The van der Waals surface area contributed by atoms with Crippen LogP contribution in [0.4, 0.5) is 10.5 Å². The first-order valence-electron chi connectivity index (χ1n) is 6.28. The van der Waals surface area contributed by atoms with Gasteiger partial charge in [-0.1, -0.05) is 18.2 Å². The van der Waals surface area contributed by atoms with Crippen LogP contribution in [0.5, 0.6) is 0 Å². The third-order valence-corrected chi connectivity index (χ3v) is 2.51. The van der Waals surface area contributed by atoms with Crippen molar-refractivity contribution in [3.8, 4) is 0 Å². The average Bonchev–Trinajstić information content (AvgIpc) is 2.35. The van der Waals surface area contributed by atoms with E-state index in [1.165, 1.54) is 0 Å². The van der Waals surface area contributed by atoms with E-state index in [4.69, 9.17) is 22.1 Å². The number of ether oxygens (including phenoxy) is 1. The van der Waals surface area contributed by atoms with Gasteiger partial charge in [0.2, 0.25) is 0 Å². The number of hydrogen-bond donors (Lipinski definition) is 2. The molecule has 1 rings (SSSR count). The minimum Gasteiger partial charge on any atom is -0.480 e. The van der Waals surface area contributed by atoms with Crippen LogP contribution in [0.3, 0.4) is 0 Å². The van der Waals surface area contributed by atoms with Crippen LogP contribution < -0.4 is 10.2 Å². The molecule has 0 bridgehead atoms. The van der Waals surface area contributed by atoms with Crippen molar-refractivity contribution < 1.29 is 19.4 Å². The molecular formula is C14H18N2O4S. The van der Waals surface area contributed by atoms with Gasteiger partial charge in [0.1, 0.15) is 12.1 Å². The summed E-state index contributed by atoms with van der Waals surface area (Å²) in [5.74, 6) is -1.07. The molecule has 0 fully saturated rings. The second-order valence-electron chi connectivity index (χ2n) is 5.20. The topological polar surface area (TPSA) is 78.9 Å². The monoisotopic (exact) mass is 310 g/mol. The molecule has 0 radical (unpaired) electrons. The normalized spacial score (nSPS) is 10.6. The van der Waals surface area contributed by atoms with Gasteiger partial charge in [0, 0.05) is 0 Å². The Morgan fingerprint density at radius 2 is 1.86 bits per heavy atom. The van der Waals surface area contributed by atoms with Crippen molar-refractivity contribution in [3.05, 3.63) is 30.3 Å². The first-order valence-corrected chi connectivity index (χ1v) is 6.69. The van der Waals surface area contributed by atoms with E-state index in [0.717, 1.165) is 4.90 Å². The van der Waals surface area contributed by atoms with Gasteiger partial charge in [0.25, 0.3) is 0 Å². The Balaban J connectivity index is 2.98. The van der Waals surface area contributed by atoms with Crippen LogP contribution in [-0.2, 0) is 9.53 Å². The molecule has 2 N–H and O–H groups in total. The largest absolute Gasteiger partial charge is 0.480 e. The summed E-state index contributed by atoms with van der Waals surface area (Å²) in [4.78, 5) is 24.0. The highest BCUT2D eigenvalue weighted by Crippen LogP contribution is 2.18. The maximum Gasteiger partial charge on any atom is 0.421 e. The van der Waals surface area contributed by atoms with Gasteiger partial charge < -0.3 is 15.2 Å². The number of nitrogens with zero attached hydrogens (tertiary/aromatic N) is 1. The molecule has 114 valence electrons. The number of carboxylic acids is 1. The zero-order valence-corrected chi connectivity index (χ0v) is 12.9. The van der Waals surface area contributed by atoms with Gasteiger partial charge in [-0.05, 0) is 45.1 Å². The highest BCUT2D eigenvalue weighted by atomic mass is 32.1. The predicted octanol–water partition coefficient (Wildman–Crippen LogP) is 2.39. The Bertz CT molecular complexity index is 526. The van der Waals surface area contributed by atoms with Crippen LogP contribution in [0.2, 0.25) is 0 Å². The first kappa shape index (κ1) is 16.9. The second-order valence-corrected chi connectivity index (χ2v) is 5.59. The highest BCUT2D eigenvalue weighted by molar-refractivity contribution is 7.80. The summed E-state index contributed by atoms with van der Waals surface area (Å²) in [6.45, 7) is 4.83. The van der Waals surface area contributed by atoms with Crippen molar-refractivity contribution in [2.24, 2.45) is 0 Å². The Morgan fingerprint density at radius 3 is 2.33 bits per heavy atom. The number of para-hydroxylation sites is 1. The van der Waals surface area contributed by atoms with Crippen LogP contribution in [-0.4, -0.2) is 34.4 Å². The molecule has 0 aliphatic rings. The summed E-state index contributed by atoms with van der Waals surface area (Å²) in [6, 6.07) is 8.64. The van der Waals surface area contributed by atoms with Crippen molar-refractivity contribution in [1.82, 2.24) is 5.32 Å². The average molecular weight is 310 g/mol. The number of carbonyl (C=O) groups excluding carboxylic acids is 1. The first-order chi connectivity index (χ1) is 9.70. The number of nitrogens with one attached hydrogen (secondary N) is 1. The number of benzene rings is 1. The van der Waals surface area contributed by atoms with E-state index in [2.05, 4.69) is 5.32 Å². The summed E-state index contributed by atoms with van der Waals surface area (Å²) in [6.07, 6.45) is -0.670. The quantitative estimate of drug-likeness (QED) is 0.835. The molecule has 1 aromatic rings. The summed E-state index contributed by atoms with van der Waals surface area (Å²) in [5.41, 5.74) is -0.193. The standard InChI is InChI=1S/C14H18N2O4S/c1-14(2,3)20-13(19)16(10-7-5-4-6-8-10)12(21)15-9-11(17)18/h4-8H,9H2,1-3H3,(H,15,21)(H,17,18). The molecule has 0 atom stereocenters. The highest BCUT2D eigenvalue weighted by Gasteiger charge is 2.26. The van der Waals surface area contributed by atoms with Crippen LogP contribution >= 0.6 is 12.2 Å². The summed E-state index contributed by atoms with van der Waals surface area (Å²) < 4.78 is 5.29. The molecule has 7 heteroatoms. The van der Waals surface area contributed by atoms with E-state index in [1.807, 2.05) is 0 Å². The van der Waals surface area contributed by atoms with E-state index in [0.29, 0.717) is 5.69 Å². The maximum absolute atomic E-state index is 12.3. The Kier molecular flexibility index (Phi) is 5.66. The summed E-state index contributed by atoms with van der Waals surface area (Å²) in [5, 5.41) is 11.2. The molecule has 1 aromatic carbocycles. The lowest BCUT2D eigenvalue weighted by atomic mass is 10.2. The van der Waals surface area contributed by atoms with Crippen LogP contribution in [0, 0.1) is 0 Å². The molecule has 0 saturated carbocycles. The number of rotatable bonds is 3. The van der Waals surface area contributed by atoms with Crippen molar-refractivity contribution >= 4 is 35.1 Å². The molecule has 0 saturated heterocycles. The summed E-state index contributed by atoms with van der Waals surface area (Å²) in [7, 11) is 0. The predicted molar refractivity (Wildman–Crippen MR) is 83.4 cm³/mol. The number of anilines is 1. The zero-order valence-electron chi connectivity index (χ0n) is 12.1. The molecule has 1 amide bonds. The fourth-order valence-electron chi connectivity index (χ4n) is 1.42. The van der Waals surface area contributed by atoms with Gasteiger partial charge in [-0.15, -0.1) is 0 Å². The third-order valence-electron chi connectivity index (χ3n) is 2.18. The minimum absolute atomic E-state index is 0.0298. The fraction of sp³-hybridized carbons (Fsp3) is 0.357. The number of amides is 1. The molecular weight excluding hydrogens is 292 g/mol. The lowest BCUT2D eigenvalue weighted by molar-refractivity contribution is -0.135. The molecule has 0 aromatic heterocycles. The van der Waals surface area contributed by atoms with Gasteiger partial charge in [-0.3, -0.25) is 4.79 Å². The van der Waals surface area contributed by atoms with Crippen molar-refractivity contribution in [2.45, 2.75) is 26.4 Å². The van der Waals surface area contributed by atoms with E-state index in [-0.39, 0.29) is 11.7 Å². The number of hydrogen-bond acceptors (Lipinski definition) is 4. The lowest BCUT2D eigenvalue weighted by Crippen LogP contribution is -2.47. The second kappa shape index (κ2) is 7.03. The van der Waals surface area contributed by atoms with Gasteiger partial charge in [-0.2, -0.15) is 0 Å². The fourth-order valence-corrected chi connectivity index (χ4v) is 1.67. The Hall–Kier alpha value is -2.15. The lowest BCUT2D eigenvalue weighted by Gasteiger charge is -2.27. The molecule has 6 nitrogen and oxygen atoms in total. The van der Waals surface area contributed by atoms with Gasteiger partial charge in [0.05, 0.1) is 5.69 Å². The van der Waals surface area contributed by atoms with Crippen LogP contribution in [0.15, 0.2) is 30.3 Å². The number of carboxylic acid groups (broad SMARTS) is 1. The van der Waals surface area contributed by atoms with Crippen molar-refractivity contribution in [1.29, 1.82) is 0 Å². The van der Waals surface area contributed by atoms with Crippen molar-refractivity contribution in [2.75, 3.05) is 11.4 Å². The van der Waals surface area contributed by atoms with Crippen molar-refractivity contribution in [3.63, 3.8) is 0 Å². The minimum atomic E-state index is -1.07. The smallest absolute Gasteiger partial charge is 0.421 e. The van der Waals surface area contributed by atoms with E-state index >= 15 is 0 Å².